The molecule has 0 amide bonds. The Hall–Kier alpha value is 0.270. The van der Waals surface area contributed by atoms with Crippen molar-refractivity contribution in [3.05, 3.63) is 0 Å². The summed E-state index contributed by atoms with van der Waals surface area (Å²) in [6.07, 6.45) is 12.4. The van der Waals surface area contributed by atoms with Crippen molar-refractivity contribution in [3.8, 4) is 0 Å². The van der Waals surface area contributed by atoms with Gasteiger partial charge in [0.15, 0.2) is 0 Å². The lowest BCUT2D eigenvalue weighted by molar-refractivity contribution is -0.113. The van der Waals surface area contributed by atoms with Crippen LogP contribution in [0, 0.1) is 11.8 Å². The predicted molar refractivity (Wildman–Crippen MR) is 87.4 cm³/mol. The summed E-state index contributed by atoms with van der Waals surface area (Å²) in [4.78, 5) is 0. The predicted octanol–water partition coefficient (Wildman–Crippen LogP) is 3.85. The summed E-state index contributed by atoms with van der Waals surface area (Å²) in [6, 6.07) is 0.760. The van der Waals surface area contributed by atoms with Gasteiger partial charge in [0.05, 0.1) is 5.60 Å². The molecule has 1 aliphatic carbocycles. The Morgan fingerprint density at radius 1 is 1.05 bits per heavy atom. The molecule has 2 aliphatic heterocycles. The largest absolute Gasteiger partial charge is 0.375 e. The molecule has 3 fully saturated rings. The highest BCUT2D eigenvalue weighted by atomic mass is 32.2. The maximum atomic E-state index is 6.29. The Morgan fingerprint density at radius 3 is 2.65 bits per heavy atom. The second-order valence-corrected chi connectivity index (χ2v) is 8.32. The highest BCUT2D eigenvalue weighted by Gasteiger charge is 2.42. The van der Waals surface area contributed by atoms with Gasteiger partial charge in [0, 0.05) is 12.6 Å². The van der Waals surface area contributed by atoms with E-state index in [2.05, 4.69) is 24.1 Å². The van der Waals surface area contributed by atoms with E-state index in [4.69, 9.17) is 4.74 Å². The molecular weight excluding hydrogens is 266 g/mol. The van der Waals surface area contributed by atoms with Crippen LogP contribution < -0.4 is 5.32 Å². The Kier molecular flexibility index (Phi) is 5.33. The molecule has 0 aromatic heterocycles. The number of nitrogens with one attached hydrogen (secondary N) is 1. The summed E-state index contributed by atoms with van der Waals surface area (Å²) in [5.41, 5.74) is 0.263. The van der Waals surface area contributed by atoms with E-state index in [0.717, 1.165) is 24.5 Å². The number of thioether (sulfide) groups is 1. The molecule has 1 N–H and O–H groups in total. The molecule has 116 valence electrons. The van der Waals surface area contributed by atoms with Gasteiger partial charge < -0.3 is 10.1 Å². The molecule has 1 saturated carbocycles. The second-order valence-electron chi connectivity index (χ2n) is 7.09. The highest BCUT2D eigenvalue weighted by Crippen LogP contribution is 2.44. The van der Waals surface area contributed by atoms with E-state index in [1.165, 1.54) is 69.3 Å². The van der Waals surface area contributed by atoms with Crippen molar-refractivity contribution in [1.29, 1.82) is 0 Å². The molecule has 3 atom stereocenters. The molecule has 3 unspecified atom stereocenters. The van der Waals surface area contributed by atoms with E-state index < -0.39 is 0 Å². The third-order valence-electron chi connectivity index (χ3n) is 5.98. The minimum Gasteiger partial charge on any atom is -0.375 e. The molecule has 2 nitrogen and oxygen atoms in total. The van der Waals surface area contributed by atoms with Crippen molar-refractivity contribution in [2.24, 2.45) is 11.8 Å². The standard InChI is InChI=1S/C17H31NOS/c1-18-16-6-4-2-3-5-15(16)14-7-10-19-17(13-14)8-11-20-12-9-17/h14-16,18H,2-13H2,1H3. The zero-order valence-corrected chi connectivity index (χ0v) is 13.9. The molecule has 1 spiro atoms. The van der Waals surface area contributed by atoms with Crippen LogP contribution in [0.15, 0.2) is 0 Å². The van der Waals surface area contributed by atoms with E-state index in [-0.39, 0.29) is 5.60 Å². The summed E-state index contributed by atoms with van der Waals surface area (Å²) in [5, 5.41) is 3.64. The molecule has 2 heterocycles. The molecule has 0 radical (unpaired) electrons. The summed E-state index contributed by atoms with van der Waals surface area (Å²) in [5.74, 6) is 4.43. The fourth-order valence-corrected chi connectivity index (χ4v) is 6.02. The van der Waals surface area contributed by atoms with E-state index in [1.807, 2.05) is 0 Å². The van der Waals surface area contributed by atoms with Gasteiger partial charge in [-0.15, -0.1) is 0 Å². The van der Waals surface area contributed by atoms with Crippen LogP contribution in [0.4, 0.5) is 0 Å². The molecule has 3 aliphatic rings. The Labute approximate surface area is 128 Å². The molecule has 3 heteroatoms. The van der Waals surface area contributed by atoms with Gasteiger partial charge in [0.25, 0.3) is 0 Å². The zero-order chi connectivity index (χ0) is 13.8. The first-order valence-corrected chi connectivity index (χ1v) is 9.87. The lowest BCUT2D eigenvalue weighted by Gasteiger charge is -2.46. The SMILES string of the molecule is CNC1CCCCCC1C1CCOC2(CCSCC2)C1. The number of hydrogen-bond donors (Lipinski definition) is 1. The third kappa shape index (κ3) is 3.36. The van der Waals surface area contributed by atoms with Gasteiger partial charge >= 0.3 is 0 Å². The van der Waals surface area contributed by atoms with Crippen LogP contribution in [0.25, 0.3) is 0 Å². The van der Waals surface area contributed by atoms with Gasteiger partial charge in [-0.05, 0) is 68.9 Å². The van der Waals surface area contributed by atoms with Gasteiger partial charge in [0.2, 0.25) is 0 Å². The second kappa shape index (κ2) is 7.02. The van der Waals surface area contributed by atoms with Crippen LogP contribution >= 0.6 is 11.8 Å². The first-order chi connectivity index (χ1) is 9.83. The van der Waals surface area contributed by atoms with Gasteiger partial charge in [-0.25, -0.2) is 0 Å². The fourth-order valence-electron chi connectivity index (χ4n) is 4.78. The van der Waals surface area contributed by atoms with Crippen molar-refractivity contribution in [2.75, 3.05) is 25.2 Å². The summed E-state index contributed by atoms with van der Waals surface area (Å²) in [7, 11) is 2.18. The minimum atomic E-state index is 0.263. The molecule has 3 rings (SSSR count). The number of hydrogen-bond acceptors (Lipinski definition) is 3. The molecule has 0 aromatic rings. The molecule has 2 saturated heterocycles. The van der Waals surface area contributed by atoms with Gasteiger partial charge in [-0.1, -0.05) is 19.3 Å². The maximum Gasteiger partial charge on any atom is 0.0701 e. The molecule has 0 bridgehead atoms. The van der Waals surface area contributed by atoms with E-state index in [9.17, 15) is 0 Å². The van der Waals surface area contributed by atoms with E-state index in [1.54, 1.807) is 0 Å². The highest BCUT2D eigenvalue weighted by molar-refractivity contribution is 7.99. The van der Waals surface area contributed by atoms with Crippen molar-refractivity contribution in [2.45, 2.75) is 69.4 Å². The number of rotatable bonds is 2. The topological polar surface area (TPSA) is 21.3 Å². The summed E-state index contributed by atoms with van der Waals surface area (Å²) >= 11 is 2.12. The van der Waals surface area contributed by atoms with Crippen LogP contribution in [0.3, 0.4) is 0 Å². The van der Waals surface area contributed by atoms with Crippen molar-refractivity contribution >= 4 is 11.8 Å². The normalized spacial score (nSPS) is 38.5. The van der Waals surface area contributed by atoms with Crippen molar-refractivity contribution < 1.29 is 4.74 Å². The van der Waals surface area contributed by atoms with Crippen LogP contribution in [-0.4, -0.2) is 36.8 Å². The molecule has 0 aromatic carbocycles. The monoisotopic (exact) mass is 297 g/mol. The molecule has 20 heavy (non-hydrogen) atoms. The van der Waals surface area contributed by atoms with Gasteiger partial charge in [0.1, 0.15) is 0 Å². The lowest BCUT2D eigenvalue weighted by atomic mass is 9.72. The Morgan fingerprint density at radius 2 is 1.85 bits per heavy atom. The average molecular weight is 298 g/mol. The number of ether oxygens (including phenoxy) is 1. The van der Waals surface area contributed by atoms with E-state index in [0.29, 0.717) is 0 Å². The quantitative estimate of drug-likeness (QED) is 0.782. The Bertz CT molecular complexity index is 298. The third-order valence-corrected chi connectivity index (χ3v) is 6.97. The summed E-state index contributed by atoms with van der Waals surface area (Å²) in [6.45, 7) is 1.02. The first kappa shape index (κ1) is 15.2. The van der Waals surface area contributed by atoms with Gasteiger partial charge in [-0.3, -0.25) is 0 Å². The van der Waals surface area contributed by atoms with E-state index >= 15 is 0 Å². The summed E-state index contributed by atoms with van der Waals surface area (Å²) < 4.78 is 6.29. The smallest absolute Gasteiger partial charge is 0.0701 e. The fraction of sp³-hybridized carbons (Fsp3) is 1.00. The lowest BCUT2D eigenvalue weighted by Crippen LogP contribution is -2.47. The molecular formula is C17H31NOS. The van der Waals surface area contributed by atoms with Gasteiger partial charge in [-0.2, -0.15) is 11.8 Å². The minimum absolute atomic E-state index is 0.263. The van der Waals surface area contributed by atoms with Crippen LogP contribution in [0.2, 0.25) is 0 Å². The van der Waals surface area contributed by atoms with Crippen LogP contribution in [-0.2, 0) is 4.74 Å². The first-order valence-electron chi connectivity index (χ1n) is 8.72. The Balaban J connectivity index is 1.68. The maximum absolute atomic E-state index is 6.29. The van der Waals surface area contributed by atoms with Crippen molar-refractivity contribution in [3.63, 3.8) is 0 Å². The van der Waals surface area contributed by atoms with Crippen LogP contribution in [0.5, 0.6) is 0 Å². The average Bonchev–Trinajstić information content (AvgIpc) is 2.73. The van der Waals surface area contributed by atoms with Crippen molar-refractivity contribution in [1.82, 2.24) is 5.32 Å². The van der Waals surface area contributed by atoms with Crippen LogP contribution in [0.1, 0.15) is 57.8 Å². The zero-order valence-electron chi connectivity index (χ0n) is 13.0.